The molecular weight excluding hydrogens is 268 g/mol. The number of hydrogen-bond acceptors (Lipinski definition) is 1. The number of hydrogen-bond donors (Lipinski definition) is 0. The molecule has 2 bridgehead atoms. The van der Waals surface area contributed by atoms with Gasteiger partial charge in [-0.3, -0.25) is 0 Å². The van der Waals surface area contributed by atoms with Crippen molar-refractivity contribution in [1.29, 1.82) is 0 Å². The Bertz CT molecular complexity index is 183. The lowest BCUT2D eigenvalue weighted by molar-refractivity contribution is -0.151. The van der Waals surface area contributed by atoms with Crippen molar-refractivity contribution in [2.45, 2.75) is 25.9 Å². The SMILES string of the molecule is CC(C)C1(F)C2C[C@H]1CN(I)C2. The fourth-order valence-corrected chi connectivity index (χ4v) is 3.75. The van der Waals surface area contributed by atoms with Crippen LogP contribution in [0.25, 0.3) is 0 Å². The van der Waals surface area contributed by atoms with Gasteiger partial charge in [-0.1, -0.05) is 13.8 Å². The van der Waals surface area contributed by atoms with Gasteiger partial charge in [0.25, 0.3) is 0 Å². The summed E-state index contributed by atoms with van der Waals surface area (Å²) in [6, 6.07) is 0. The predicted octanol–water partition coefficient (Wildman–Crippen LogP) is 2.65. The van der Waals surface area contributed by atoms with Gasteiger partial charge in [0.05, 0.1) is 0 Å². The number of rotatable bonds is 1. The molecule has 2 aliphatic heterocycles. The lowest BCUT2D eigenvalue weighted by Gasteiger charge is -2.58. The van der Waals surface area contributed by atoms with Gasteiger partial charge in [-0.25, -0.2) is 7.50 Å². The second-order valence-corrected chi connectivity index (χ2v) is 5.80. The van der Waals surface area contributed by atoms with Gasteiger partial charge in [0.2, 0.25) is 0 Å². The minimum atomic E-state index is -0.832. The monoisotopic (exact) mass is 283 g/mol. The second-order valence-electron chi connectivity index (χ2n) is 4.44. The summed E-state index contributed by atoms with van der Waals surface area (Å²) in [4.78, 5) is 0. The minimum absolute atomic E-state index is 0.200. The van der Waals surface area contributed by atoms with Gasteiger partial charge in [-0.2, -0.15) is 0 Å². The summed E-state index contributed by atoms with van der Waals surface area (Å²) in [5.41, 5.74) is -0.832. The van der Waals surface area contributed by atoms with Gasteiger partial charge < -0.3 is 0 Å². The van der Waals surface area contributed by atoms with E-state index in [0.717, 1.165) is 19.5 Å². The van der Waals surface area contributed by atoms with Crippen LogP contribution in [0.4, 0.5) is 4.39 Å². The van der Waals surface area contributed by atoms with Crippen LogP contribution in [0.5, 0.6) is 0 Å². The van der Waals surface area contributed by atoms with E-state index in [-0.39, 0.29) is 5.92 Å². The molecule has 2 saturated heterocycles. The third kappa shape index (κ3) is 1.05. The Kier molecular flexibility index (Phi) is 2.15. The van der Waals surface area contributed by atoms with Crippen LogP contribution in [-0.2, 0) is 0 Å². The molecule has 0 amide bonds. The first-order valence-electron chi connectivity index (χ1n) is 4.64. The fourth-order valence-electron chi connectivity index (χ4n) is 2.80. The molecule has 3 heteroatoms. The van der Waals surface area contributed by atoms with Crippen molar-refractivity contribution in [2.75, 3.05) is 13.1 Å². The zero-order chi connectivity index (χ0) is 8.93. The number of piperidine rings is 2. The van der Waals surface area contributed by atoms with E-state index in [2.05, 4.69) is 26.0 Å². The summed E-state index contributed by atoms with van der Waals surface area (Å²) in [6.07, 6.45) is 1.12. The Morgan fingerprint density at radius 2 is 1.92 bits per heavy atom. The highest BCUT2D eigenvalue weighted by Gasteiger charge is 2.60. The predicted molar refractivity (Wildman–Crippen MR) is 55.9 cm³/mol. The van der Waals surface area contributed by atoms with Crippen LogP contribution >= 0.6 is 22.9 Å². The topological polar surface area (TPSA) is 3.24 Å². The molecule has 1 nitrogen and oxygen atoms in total. The van der Waals surface area contributed by atoms with E-state index in [1.165, 1.54) is 0 Å². The Morgan fingerprint density at radius 3 is 2.33 bits per heavy atom. The van der Waals surface area contributed by atoms with Gasteiger partial charge in [0.1, 0.15) is 5.67 Å². The maximum Gasteiger partial charge on any atom is 0.121 e. The minimum Gasteiger partial charge on any atom is -0.247 e. The molecule has 2 unspecified atom stereocenters. The molecule has 12 heavy (non-hydrogen) atoms. The Labute approximate surface area is 87.2 Å². The van der Waals surface area contributed by atoms with E-state index in [0.29, 0.717) is 11.8 Å². The molecule has 1 aliphatic carbocycles. The fraction of sp³-hybridized carbons (Fsp3) is 1.00. The highest BCUT2D eigenvalue weighted by Crippen LogP contribution is 2.55. The lowest BCUT2D eigenvalue weighted by atomic mass is 9.55. The number of nitrogens with zero attached hydrogens (tertiary/aromatic N) is 1. The summed E-state index contributed by atoms with van der Waals surface area (Å²) in [7, 11) is 0. The van der Waals surface area contributed by atoms with Crippen LogP contribution in [0.3, 0.4) is 0 Å². The Balaban J connectivity index is 2.12. The van der Waals surface area contributed by atoms with Crippen molar-refractivity contribution in [1.82, 2.24) is 3.11 Å². The van der Waals surface area contributed by atoms with Crippen molar-refractivity contribution in [2.24, 2.45) is 17.8 Å². The molecule has 0 N–H and O–H groups in total. The third-order valence-electron chi connectivity index (χ3n) is 3.54. The molecule has 3 rings (SSSR count). The molecule has 1 saturated carbocycles. The molecule has 0 aromatic heterocycles. The third-order valence-corrected chi connectivity index (χ3v) is 4.33. The van der Waals surface area contributed by atoms with Crippen molar-refractivity contribution in [3.05, 3.63) is 0 Å². The van der Waals surface area contributed by atoms with Crippen LogP contribution in [0.1, 0.15) is 20.3 Å². The zero-order valence-corrected chi connectivity index (χ0v) is 9.71. The summed E-state index contributed by atoms with van der Waals surface area (Å²) >= 11 is 2.31. The zero-order valence-electron chi connectivity index (χ0n) is 7.56. The van der Waals surface area contributed by atoms with Gasteiger partial charge in [-0.05, 0) is 12.3 Å². The normalized spacial score (nSPS) is 47.8. The van der Waals surface area contributed by atoms with E-state index in [1.54, 1.807) is 0 Å². The van der Waals surface area contributed by atoms with Crippen LogP contribution in [-0.4, -0.2) is 21.9 Å². The molecule has 3 atom stereocenters. The molecule has 3 aliphatic rings. The summed E-state index contributed by atoms with van der Waals surface area (Å²) in [5, 5.41) is 0. The van der Waals surface area contributed by atoms with Crippen LogP contribution in [0.2, 0.25) is 0 Å². The van der Waals surface area contributed by atoms with Crippen LogP contribution in [0.15, 0.2) is 0 Å². The molecule has 0 spiro atoms. The number of halogens is 2. The highest BCUT2D eigenvalue weighted by atomic mass is 127. The van der Waals surface area contributed by atoms with Gasteiger partial charge in [0.15, 0.2) is 0 Å². The Morgan fingerprint density at radius 1 is 1.42 bits per heavy atom. The van der Waals surface area contributed by atoms with Crippen molar-refractivity contribution in [3.63, 3.8) is 0 Å². The second kappa shape index (κ2) is 2.80. The van der Waals surface area contributed by atoms with E-state index in [4.69, 9.17) is 0 Å². The molecule has 0 aromatic rings. The largest absolute Gasteiger partial charge is 0.247 e. The van der Waals surface area contributed by atoms with Crippen molar-refractivity contribution in [3.8, 4) is 0 Å². The average molecular weight is 283 g/mol. The lowest BCUT2D eigenvalue weighted by Crippen LogP contribution is -2.65. The molecule has 0 radical (unpaired) electrons. The first-order valence-corrected chi connectivity index (χ1v) is 5.61. The first kappa shape index (κ1) is 9.19. The van der Waals surface area contributed by atoms with Gasteiger partial charge in [0, 0.05) is 47.8 Å². The molecule has 2 heterocycles. The van der Waals surface area contributed by atoms with Gasteiger partial charge >= 0.3 is 0 Å². The van der Waals surface area contributed by atoms with E-state index < -0.39 is 5.67 Å². The molecule has 3 fully saturated rings. The smallest absolute Gasteiger partial charge is 0.121 e. The van der Waals surface area contributed by atoms with Crippen LogP contribution in [0, 0.1) is 17.8 Å². The number of alkyl halides is 1. The van der Waals surface area contributed by atoms with Gasteiger partial charge in [-0.15, -0.1) is 0 Å². The van der Waals surface area contributed by atoms with E-state index in [1.807, 2.05) is 13.8 Å². The summed E-state index contributed by atoms with van der Waals surface area (Å²) in [6.45, 7) is 5.93. The molecule has 70 valence electrons. The standard InChI is InChI=1S/C9H15FIN/c1-6(2)9(10)7-3-8(9)5-12(11)4-7/h6-8H,3-5H2,1-2H3/t7-,8?,9?/m0/s1. The summed E-state index contributed by atoms with van der Waals surface area (Å²) in [5.74, 6) is 0.827. The Hall–Kier alpha value is 0.620. The molecule has 0 aromatic carbocycles. The van der Waals surface area contributed by atoms with Crippen molar-refractivity contribution >= 4 is 22.9 Å². The quantitative estimate of drug-likeness (QED) is 0.528. The van der Waals surface area contributed by atoms with Crippen molar-refractivity contribution < 1.29 is 4.39 Å². The maximum absolute atomic E-state index is 14.3. The maximum atomic E-state index is 14.3. The summed E-state index contributed by atoms with van der Waals surface area (Å²) < 4.78 is 16.5. The van der Waals surface area contributed by atoms with E-state index >= 15 is 0 Å². The molecular formula is C9H15FIN. The first-order chi connectivity index (χ1) is 5.55. The van der Waals surface area contributed by atoms with E-state index in [9.17, 15) is 4.39 Å². The van der Waals surface area contributed by atoms with Crippen LogP contribution < -0.4 is 0 Å². The highest BCUT2D eigenvalue weighted by molar-refractivity contribution is 14.1. The number of fused-ring (bicyclic) bond motifs is 2. The average Bonchev–Trinajstić information content (AvgIpc) is 2.02.